The highest BCUT2D eigenvalue weighted by Gasteiger charge is 2.36. The standard InChI is InChI=1S/C14H19F2NO/c1-9-7-14(2,3)8-17(9)11-6-5-10(15)12(16)13(11)18-4/h5-6,9H,7-8H2,1-4H3. The van der Waals surface area contributed by atoms with Gasteiger partial charge in [0.2, 0.25) is 5.82 Å². The van der Waals surface area contributed by atoms with E-state index >= 15 is 0 Å². The summed E-state index contributed by atoms with van der Waals surface area (Å²) < 4.78 is 31.9. The van der Waals surface area contributed by atoms with E-state index in [0.29, 0.717) is 11.7 Å². The van der Waals surface area contributed by atoms with Crippen LogP contribution in [0, 0.1) is 17.0 Å². The molecule has 0 aliphatic carbocycles. The highest BCUT2D eigenvalue weighted by molar-refractivity contribution is 5.61. The number of halogens is 2. The van der Waals surface area contributed by atoms with E-state index in [4.69, 9.17) is 4.74 Å². The molecule has 1 fully saturated rings. The van der Waals surface area contributed by atoms with Crippen LogP contribution in [0.5, 0.6) is 5.75 Å². The Morgan fingerprint density at radius 3 is 2.50 bits per heavy atom. The first-order valence-electron chi connectivity index (χ1n) is 6.14. The minimum absolute atomic E-state index is 0.000417. The molecule has 0 radical (unpaired) electrons. The SMILES string of the molecule is COc1c(N2CC(C)(C)CC2C)ccc(F)c1F. The molecule has 0 N–H and O–H groups in total. The molecule has 1 aromatic rings. The summed E-state index contributed by atoms with van der Waals surface area (Å²) in [5.41, 5.74) is 0.810. The van der Waals surface area contributed by atoms with Crippen molar-refractivity contribution in [3.8, 4) is 5.75 Å². The summed E-state index contributed by atoms with van der Waals surface area (Å²) in [6, 6.07) is 3.04. The monoisotopic (exact) mass is 255 g/mol. The molecule has 100 valence electrons. The van der Waals surface area contributed by atoms with Crippen LogP contribution in [0.1, 0.15) is 27.2 Å². The van der Waals surface area contributed by atoms with E-state index in [-0.39, 0.29) is 11.2 Å². The Morgan fingerprint density at radius 2 is 2.00 bits per heavy atom. The Labute approximate surface area is 107 Å². The highest BCUT2D eigenvalue weighted by Crippen LogP contribution is 2.41. The Kier molecular flexibility index (Phi) is 3.21. The first-order valence-corrected chi connectivity index (χ1v) is 6.14. The van der Waals surface area contributed by atoms with Gasteiger partial charge in [0, 0.05) is 12.6 Å². The Bertz CT molecular complexity index is 459. The topological polar surface area (TPSA) is 12.5 Å². The maximum Gasteiger partial charge on any atom is 0.202 e. The smallest absolute Gasteiger partial charge is 0.202 e. The van der Waals surface area contributed by atoms with Crippen LogP contribution in [-0.4, -0.2) is 19.7 Å². The molecule has 4 heteroatoms. The maximum absolute atomic E-state index is 13.7. The summed E-state index contributed by atoms with van der Waals surface area (Å²) in [6.07, 6.45) is 1.02. The molecular formula is C14H19F2NO. The molecule has 2 nitrogen and oxygen atoms in total. The first-order chi connectivity index (χ1) is 8.35. The molecule has 0 saturated carbocycles. The molecule has 1 aliphatic heterocycles. The molecule has 1 aromatic carbocycles. The average Bonchev–Trinajstić information content (AvgIpc) is 2.56. The third kappa shape index (κ3) is 2.16. The van der Waals surface area contributed by atoms with E-state index in [1.54, 1.807) is 6.07 Å². The van der Waals surface area contributed by atoms with E-state index in [9.17, 15) is 8.78 Å². The fourth-order valence-corrected chi connectivity index (χ4v) is 2.86. The molecule has 0 amide bonds. The van der Waals surface area contributed by atoms with Gasteiger partial charge in [-0.05, 0) is 30.9 Å². The van der Waals surface area contributed by atoms with Crippen LogP contribution >= 0.6 is 0 Å². The van der Waals surface area contributed by atoms with Gasteiger partial charge in [0.25, 0.3) is 0 Å². The predicted octanol–water partition coefficient (Wildman–Crippen LogP) is 3.60. The van der Waals surface area contributed by atoms with Gasteiger partial charge in [-0.1, -0.05) is 13.8 Å². The van der Waals surface area contributed by atoms with Crippen molar-refractivity contribution in [1.82, 2.24) is 0 Å². The van der Waals surface area contributed by atoms with Crippen LogP contribution < -0.4 is 9.64 Å². The Morgan fingerprint density at radius 1 is 1.33 bits per heavy atom. The Balaban J connectivity index is 2.43. The number of benzene rings is 1. The normalized spacial score (nSPS) is 22.3. The zero-order chi connectivity index (χ0) is 13.5. The molecular weight excluding hydrogens is 236 g/mol. The predicted molar refractivity (Wildman–Crippen MR) is 68.1 cm³/mol. The van der Waals surface area contributed by atoms with Crippen molar-refractivity contribution in [2.75, 3.05) is 18.6 Å². The van der Waals surface area contributed by atoms with E-state index in [2.05, 4.69) is 25.7 Å². The van der Waals surface area contributed by atoms with Gasteiger partial charge >= 0.3 is 0 Å². The zero-order valence-corrected chi connectivity index (χ0v) is 11.3. The lowest BCUT2D eigenvalue weighted by atomic mass is 9.91. The van der Waals surface area contributed by atoms with Crippen molar-refractivity contribution in [2.45, 2.75) is 33.2 Å². The molecule has 0 spiro atoms. The number of rotatable bonds is 2. The molecule has 2 rings (SSSR count). The summed E-state index contributed by atoms with van der Waals surface area (Å²) in [4.78, 5) is 2.08. The number of methoxy groups -OCH3 is 1. The van der Waals surface area contributed by atoms with E-state index in [0.717, 1.165) is 19.0 Å². The van der Waals surface area contributed by atoms with Crippen LogP contribution in [0.3, 0.4) is 0 Å². The lowest BCUT2D eigenvalue weighted by Gasteiger charge is -2.26. The second kappa shape index (κ2) is 4.41. The lowest BCUT2D eigenvalue weighted by Crippen LogP contribution is -2.28. The second-order valence-electron chi connectivity index (χ2n) is 5.76. The van der Waals surface area contributed by atoms with Gasteiger partial charge in [-0.3, -0.25) is 0 Å². The molecule has 1 saturated heterocycles. The van der Waals surface area contributed by atoms with Crippen LogP contribution in [0.25, 0.3) is 0 Å². The summed E-state index contributed by atoms with van der Waals surface area (Å²) in [5.74, 6) is -1.78. The summed E-state index contributed by atoms with van der Waals surface area (Å²) in [5, 5.41) is 0. The van der Waals surface area contributed by atoms with Crippen LogP contribution in [0.2, 0.25) is 0 Å². The van der Waals surface area contributed by atoms with Gasteiger partial charge in [0.15, 0.2) is 11.6 Å². The van der Waals surface area contributed by atoms with Crippen molar-refractivity contribution >= 4 is 5.69 Å². The second-order valence-corrected chi connectivity index (χ2v) is 5.76. The van der Waals surface area contributed by atoms with Gasteiger partial charge in [-0.15, -0.1) is 0 Å². The molecule has 1 atom stereocenters. The molecule has 0 aromatic heterocycles. The largest absolute Gasteiger partial charge is 0.491 e. The molecule has 1 heterocycles. The fourth-order valence-electron chi connectivity index (χ4n) is 2.86. The fraction of sp³-hybridized carbons (Fsp3) is 0.571. The molecule has 1 unspecified atom stereocenters. The summed E-state index contributed by atoms with van der Waals surface area (Å²) in [7, 11) is 1.37. The zero-order valence-electron chi connectivity index (χ0n) is 11.3. The maximum atomic E-state index is 13.7. The van der Waals surface area contributed by atoms with Crippen molar-refractivity contribution in [3.05, 3.63) is 23.8 Å². The van der Waals surface area contributed by atoms with Gasteiger partial charge in [0.05, 0.1) is 12.8 Å². The van der Waals surface area contributed by atoms with Gasteiger partial charge in [-0.2, -0.15) is 4.39 Å². The van der Waals surface area contributed by atoms with Crippen LogP contribution in [0.15, 0.2) is 12.1 Å². The average molecular weight is 255 g/mol. The van der Waals surface area contributed by atoms with Gasteiger partial charge in [0.1, 0.15) is 0 Å². The lowest BCUT2D eigenvalue weighted by molar-refractivity contribution is 0.371. The third-order valence-electron chi connectivity index (χ3n) is 3.52. The minimum Gasteiger partial charge on any atom is -0.491 e. The highest BCUT2D eigenvalue weighted by atomic mass is 19.2. The van der Waals surface area contributed by atoms with Crippen molar-refractivity contribution < 1.29 is 13.5 Å². The summed E-state index contributed by atoms with van der Waals surface area (Å²) in [6.45, 7) is 7.26. The third-order valence-corrected chi connectivity index (χ3v) is 3.52. The number of anilines is 1. The van der Waals surface area contributed by atoms with Gasteiger partial charge < -0.3 is 9.64 Å². The number of nitrogens with zero attached hydrogens (tertiary/aromatic N) is 1. The van der Waals surface area contributed by atoms with E-state index in [1.165, 1.54) is 7.11 Å². The van der Waals surface area contributed by atoms with Crippen LogP contribution in [-0.2, 0) is 0 Å². The number of ether oxygens (including phenoxy) is 1. The molecule has 0 bridgehead atoms. The van der Waals surface area contributed by atoms with E-state index in [1.807, 2.05) is 0 Å². The number of hydrogen-bond donors (Lipinski definition) is 0. The van der Waals surface area contributed by atoms with Crippen molar-refractivity contribution in [2.24, 2.45) is 5.41 Å². The first kappa shape index (κ1) is 13.1. The van der Waals surface area contributed by atoms with Crippen molar-refractivity contribution in [3.63, 3.8) is 0 Å². The summed E-state index contributed by atoms with van der Waals surface area (Å²) >= 11 is 0. The minimum atomic E-state index is -0.910. The quantitative estimate of drug-likeness (QED) is 0.800. The van der Waals surface area contributed by atoms with Gasteiger partial charge in [-0.25, -0.2) is 4.39 Å². The van der Waals surface area contributed by atoms with Crippen molar-refractivity contribution in [1.29, 1.82) is 0 Å². The molecule has 18 heavy (non-hydrogen) atoms. The Hall–Kier alpha value is -1.32. The molecule has 1 aliphatic rings. The number of hydrogen-bond acceptors (Lipinski definition) is 2. The van der Waals surface area contributed by atoms with E-state index < -0.39 is 11.6 Å². The van der Waals surface area contributed by atoms with Crippen LogP contribution in [0.4, 0.5) is 14.5 Å².